The number of pyridine rings is 1. The highest BCUT2D eigenvalue weighted by Crippen LogP contribution is 2.35. The standard InChI is InChI=1S/C23H25F4N7/c1-3-32(4-2)21-29-19(16-7-9-17(24)10-8-16)30-22(31-21)34-14-12-33(13-15-34)20-18(23(25,26)27)6-5-11-28-20/h5-11H,3-4,12-15H2,1-2H3. The molecule has 180 valence electrons. The summed E-state index contributed by atoms with van der Waals surface area (Å²) in [5.41, 5.74) is -0.0913. The van der Waals surface area contributed by atoms with Gasteiger partial charge in [0.1, 0.15) is 11.6 Å². The van der Waals surface area contributed by atoms with Gasteiger partial charge in [-0.25, -0.2) is 9.37 Å². The largest absolute Gasteiger partial charge is 0.419 e. The highest BCUT2D eigenvalue weighted by molar-refractivity contribution is 5.59. The predicted octanol–water partition coefficient (Wildman–Crippen LogP) is 4.26. The van der Waals surface area contributed by atoms with Crippen LogP contribution in [0.15, 0.2) is 42.6 Å². The first-order valence-electron chi connectivity index (χ1n) is 11.1. The van der Waals surface area contributed by atoms with Crippen molar-refractivity contribution in [1.82, 2.24) is 19.9 Å². The van der Waals surface area contributed by atoms with Gasteiger partial charge in [-0.2, -0.15) is 28.1 Å². The average Bonchev–Trinajstić information content (AvgIpc) is 2.85. The molecule has 1 saturated heterocycles. The molecule has 2 aromatic heterocycles. The fraction of sp³-hybridized carbons (Fsp3) is 0.391. The Labute approximate surface area is 195 Å². The van der Waals surface area contributed by atoms with E-state index in [2.05, 4.69) is 19.9 Å². The van der Waals surface area contributed by atoms with E-state index in [4.69, 9.17) is 0 Å². The van der Waals surface area contributed by atoms with Gasteiger partial charge in [-0.05, 0) is 50.2 Å². The fourth-order valence-corrected chi connectivity index (χ4v) is 3.86. The molecular weight excluding hydrogens is 450 g/mol. The molecule has 3 aromatic rings. The number of piperazine rings is 1. The quantitative estimate of drug-likeness (QED) is 0.494. The first-order valence-corrected chi connectivity index (χ1v) is 11.1. The Kier molecular flexibility index (Phi) is 6.80. The third-order valence-corrected chi connectivity index (χ3v) is 5.71. The van der Waals surface area contributed by atoms with Crippen molar-refractivity contribution in [2.24, 2.45) is 0 Å². The minimum atomic E-state index is -4.47. The highest BCUT2D eigenvalue weighted by Gasteiger charge is 2.36. The van der Waals surface area contributed by atoms with Crippen molar-refractivity contribution in [3.8, 4) is 11.4 Å². The number of aromatic nitrogens is 4. The molecule has 0 unspecified atom stereocenters. The lowest BCUT2D eigenvalue weighted by molar-refractivity contribution is -0.137. The van der Waals surface area contributed by atoms with Crippen LogP contribution in [0.3, 0.4) is 0 Å². The van der Waals surface area contributed by atoms with Crippen LogP contribution < -0.4 is 14.7 Å². The van der Waals surface area contributed by atoms with E-state index in [1.165, 1.54) is 24.4 Å². The van der Waals surface area contributed by atoms with Crippen molar-refractivity contribution in [3.05, 3.63) is 54.0 Å². The molecule has 7 nitrogen and oxygen atoms in total. The lowest BCUT2D eigenvalue weighted by atomic mass is 10.2. The monoisotopic (exact) mass is 475 g/mol. The van der Waals surface area contributed by atoms with Gasteiger partial charge >= 0.3 is 6.18 Å². The zero-order chi connectivity index (χ0) is 24.3. The SMILES string of the molecule is CCN(CC)c1nc(-c2ccc(F)cc2)nc(N2CCN(c3ncccc3C(F)(F)F)CC2)n1. The van der Waals surface area contributed by atoms with E-state index in [0.29, 0.717) is 62.6 Å². The third kappa shape index (κ3) is 5.02. The van der Waals surface area contributed by atoms with Gasteiger partial charge in [-0.3, -0.25) is 0 Å². The summed E-state index contributed by atoms with van der Waals surface area (Å²) < 4.78 is 53.7. The predicted molar refractivity (Wildman–Crippen MR) is 122 cm³/mol. The second-order valence-electron chi connectivity index (χ2n) is 7.78. The molecule has 11 heteroatoms. The summed E-state index contributed by atoms with van der Waals surface area (Å²) in [7, 11) is 0. The van der Waals surface area contributed by atoms with E-state index >= 15 is 0 Å². The number of anilines is 3. The fourth-order valence-electron chi connectivity index (χ4n) is 3.86. The van der Waals surface area contributed by atoms with Crippen LogP contribution in [0.4, 0.5) is 35.3 Å². The lowest BCUT2D eigenvalue weighted by Crippen LogP contribution is -2.48. The zero-order valence-corrected chi connectivity index (χ0v) is 18.9. The number of nitrogens with zero attached hydrogens (tertiary/aromatic N) is 7. The molecule has 1 aliphatic rings. The maximum Gasteiger partial charge on any atom is 0.419 e. The van der Waals surface area contributed by atoms with Crippen LogP contribution in [-0.4, -0.2) is 59.2 Å². The van der Waals surface area contributed by atoms with Gasteiger partial charge in [-0.1, -0.05) is 0 Å². The van der Waals surface area contributed by atoms with E-state index in [0.717, 1.165) is 6.07 Å². The lowest BCUT2D eigenvalue weighted by Gasteiger charge is -2.36. The van der Waals surface area contributed by atoms with Gasteiger partial charge in [0, 0.05) is 51.0 Å². The Morgan fingerprint density at radius 2 is 1.53 bits per heavy atom. The Bertz CT molecular complexity index is 1110. The Balaban J connectivity index is 1.61. The second-order valence-corrected chi connectivity index (χ2v) is 7.78. The van der Waals surface area contributed by atoms with E-state index in [1.807, 2.05) is 23.6 Å². The Morgan fingerprint density at radius 3 is 2.15 bits per heavy atom. The molecule has 1 aromatic carbocycles. The normalized spacial score (nSPS) is 14.4. The van der Waals surface area contributed by atoms with Crippen molar-refractivity contribution in [3.63, 3.8) is 0 Å². The van der Waals surface area contributed by atoms with Crippen molar-refractivity contribution in [2.75, 3.05) is 54.0 Å². The molecule has 4 rings (SSSR count). The van der Waals surface area contributed by atoms with E-state index in [1.54, 1.807) is 17.0 Å². The maximum absolute atomic E-state index is 13.4. The molecule has 0 radical (unpaired) electrons. The van der Waals surface area contributed by atoms with Crippen LogP contribution in [0.1, 0.15) is 19.4 Å². The Morgan fingerprint density at radius 1 is 0.882 bits per heavy atom. The smallest absolute Gasteiger partial charge is 0.353 e. The van der Waals surface area contributed by atoms with Gasteiger partial charge in [-0.15, -0.1) is 0 Å². The van der Waals surface area contributed by atoms with Gasteiger partial charge in [0.15, 0.2) is 5.82 Å². The van der Waals surface area contributed by atoms with Crippen molar-refractivity contribution in [2.45, 2.75) is 20.0 Å². The maximum atomic E-state index is 13.4. The summed E-state index contributed by atoms with van der Waals surface area (Å²) in [5, 5.41) is 0. The molecule has 0 spiro atoms. The van der Waals surface area contributed by atoms with Crippen LogP contribution in [0, 0.1) is 5.82 Å². The number of hydrogen-bond acceptors (Lipinski definition) is 7. The molecule has 0 aliphatic carbocycles. The minimum absolute atomic E-state index is 0.0684. The molecule has 0 atom stereocenters. The molecule has 1 fully saturated rings. The molecule has 0 bridgehead atoms. The number of rotatable bonds is 6. The van der Waals surface area contributed by atoms with E-state index in [9.17, 15) is 17.6 Å². The summed E-state index contributed by atoms with van der Waals surface area (Å²) in [6, 6.07) is 8.25. The van der Waals surface area contributed by atoms with Gasteiger partial charge < -0.3 is 14.7 Å². The van der Waals surface area contributed by atoms with Crippen LogP contribution in [-0.2, 0) is 6.18 Å². The first kappa shape index (κ1) is 23.7. The van der Waals surface area contributed by atoms with Crippen LogP contribution in [0.5, 0.6) is 0 Å². The number of hydrogen-bond donors (Lipinski definition) is 0. The second kappa shape index (κ2) is 9.78. The zero-order valence-electron chi connectivity index (χ0n) is 18.9. The summed E-state index contributed by atoms with van der Waals surface area (Å²) in [4.78, 5) is 23.4. The summed E-state index contributed by atoms with van der Waals surface area (Å²) >= 11 is 0. The molecule has 1 aliphatic heterocycles. The van der Waals surface area contributed by atoms with E-state index in [-0.39, 0.29) is 11.6 Å². The first-order chi connectivity index (χ1) is 16.3. The summed E-state index contributed by atoms with van der Waals surface area (Å²) in [6.07, 6.45) is -3.11. The summed E-state index contributed by atoms with van der Waals surface area (Å²) in [5.74, 6) is 0.930. The van der Waals surface area contributed by atoms with Crippen LogP contribution in [0.25, 0.3) is 11.4 Å². The molecule has 34 heavy (non-hydrogen) atoms. The summed E-state index contributed by atoms with van der Waals surface area (Å²) in [6.45, 7) is 6.86. The van der Waals surface area contributed by atoms with Gasteiger partial charge in [0.05, 0.1) is 5.56 Å². The molecule has 0 N–H and O–H groups in total. The number of halogens is 4. The van der Waals surface area contributed by atoms with Crippen LogP contribution in [0.2, 0.25) is 0 Å². The Hall–Kier alpha value is -3.50. The highest BCUT2D eigenvalue weighted by atomic mass is 19.4. The average molecular weight is 475 g/mol. The topological polar surface area (TPSA) is 61.3 Å². The minimum Gasteiger partial charge on any atom is -0.353 e. The van der Waals surface area contributed by atoms with E-state index < -0.39 is 11.7 Å². The molecule has 3 heterocycles. The third-order valence-electron chi connectivity index (χ3n) is 5.71. The van der Waals surface area contributed by atoms with Crippen LogP contribution >= 0.6 is 0 Å². The molecular formula is C23H25F4N7. The van der Waals surface area contributed by atoms with Crippen molar-refractivity contribution in [1.29, 1.82) is 0 Å². The molecule has 0 amide bonds. The van der Waals surface area contributed by atoms with Crippen molar-refractivity contribution < 1.29 is 17.6 Å². The number of benzene rings is 1. The van der Waals surface area contributed by atoms with Gasteiger partial charge in [0.25, 0.3) is 0 Å². The van der Waals surface area contributed by atoms with Gasteiger partial charge in [0.2, 0.25) is 11.9 Å². The molecule has 0 saturated carbocycles. The van der Waals surface area contributed by atoms with Crippen molar-refractivity contribution >= 4 is 17.7 Å². The number of alkyl halides is 3.